The molecule has 0 aliphatic carbocycles. The summed E-state index contributed by atoms with van der Waals surface area (Å²) in [6.45, 7) is 3.88. The van der Waals surface area contributed by atoms with Crippen LogP contribution in [0.25, 0.3) is 0 Å². The van der Waals surface area contributed by atoms with Gasteiger partial charge in [0.05, 0.1) is 0 Å². The molecule has 1 aliphatic heterocycles. The number of anilines is 1. The van der Waals surface area contributed by atoms with E-state index >= 15 is 0 Å². The van der Waals surface area contributed by atoms with E-state index in [4.69, 9.17) is 5.11 Å². The lowest BCUT2D eigenvalue weighted by Gasteiger charge is -2.17. The van der Waals surface area contributed by atoms with Crippen LogP contribution in [0.3, 0.4) is 0 Å². The van der Waals surface area contributed by atoms with Crippen molar-refractivity contribution in [2.24, 2.45) is 0 Å². The predicted octanol–water partition coefficient (Wildman–Crippen LogP) is 1.34. The Labute approximate surface area is 94.1 Å². The zero-order valence-electron chi connectivity index (χ0n) is 9.31. The monoisotopic (exact) mass is 221 g/mol. The van der Waals surface area contributed by atoms with Crippen molar-refractivity contribution < 1.29 is 9.90 Å². The van der Waals surface area contributed by atoms with Gasteiger partial charge in [-0.1, -0.05) is 6.92 Å². The van der Waals surface area contributed by atoms with Gasteiger partial charge in [0.2, 0.25) is 5.82 Å². The highest BCUT2D eigenvalue weighted by Crippen LogP contribution is 2.18. The summed E-state index contributed by atoms with van der Waals surface area (Å²) in [7, 11) is 0. The quantitative estimate of drug-likeness (QED) is 0.834. The van der Waals surface area contributed by atoms with Crippen molar-refractivity contribution in [3.05, 3.63) is 17.6 Å². The first-order valence-corrected chi connectivity index (χ1v) is 5.57. The standard InChI is InChI=1S/C11H15N3O2/c1-2-8-7-9(14-5-3-4-6-14)13-10(12-8)11(15)16/h7H,2-6H2,1H3,(H,15,16). The minimum absolute atomic E-state index is 0.0961. The zero-order valence-corrected chi connectivity index (χ0v) is 9.31. The molecule has 16 heavy (non-hydrogen) atoms. The molecule has 1 aromatic rings. The van der Waals surface area contributed by atoms with E-state index in [0.29, 0.717) is 0 Å². The number of aromatic carboxylic acids is 1. The van der Waals surface area contributed by atoms with Crippen LogP contribution in [-0.4, -0.2) is 34.1 Å². The molecule has 0 radical (unpaired) electrons. The summed E-state index contributed by atoms with van der Waals surface area (Å²) in [5, 5.41) is 8.93. The summed E-state index contributed by atoms with van der Waals surface area (Å²) in [4.78, 5) is 21.1. The Bertz CT molecular complexity index is 400. The highest BCUT2D eigenvalue weighted by molar-refractivity contribution is 5.83. The lowest BCUT2D eigenvalue weighted by Crippen LogP contribution is -2.21. The summed E-state index contributed by atoms with van der Waals surface area (Å²) in [6, 6.07) is 1.89. The van der Waals surface area contributed by atoms with E-state index < -0.39 is 5.97 Å². The molecule has 0 atom stereocenters. The third-order valence-electron chi connectivity index (χ3n) is 2.75. The van der Waals surface area contributed by atoms with Crippen LogP contribution >= 0.6 is 0 Å². The zero-order chi connectivity index (χ0) is 11.5. The summed E-state index contributed by atoms with van der Waals surface area (Å²) in [5.74, 6) is -0.404. The minimum Gasteiger partial charge on any atom is -0.475 e. The van der Waals surface area contributed by atoms with Gasteiger partial charge in [-0.2, -0.15) is 0 Å². The maximum atomic E-state index is 10.9. The number of aromatic nitrogens is 2. The van der Waals surface area contributed by atoms with Crippen LogP contribution < -0.4 is 4.90 Å². The van der Waals surface area contributed by atoms with Gasteiger partial charge < -0.3 is 10.0 Å². The molecular formula is C11H15N3O2. The molecule has 0 bridgehead atoms. The number of carboxylic acids is 1. The number of hydrogen-bond donors (Lipinski definition) is 1. The number of carboxylic acid groups (broad SMARTS) is 1. The number of rotatable bonds is 3. The molecule has 0 unspecified atom stereocenters. The van der Waals surface area contributed by atoms with Gasteiger partial charge in [-0.3, -0.25) is 0 Å². The van der Waals surface area contributed by atoms with Gasteiger partial charge in [0.15, 0.2) is 0 Å². The number of hydrogen-bond acceptors (Lipinski definition) is 4. The van der Waals surface area contributed by atoms with Gasteiger partial charge in [-0.25, -0.2) is 14.8 Å². The van der Waals surface area contributed by atoms with Gasteiger partial charge in [0.25, 0.3) is 0 Å². The lowest BCUT2D eigenvalue weighted by atomic mass is 10.3. The first-order valence-electron chi connectivity index (χ1n) is 5.57. The summed E-state index contributed by atoms with van der Waals surface area (Å²) < 4.78 is 0. The average molecular weight is 221 g/mol. The molecule has 0 saturated carbocycles. The van der Waals surface area contributed by atoms with Gasteiger partial charge in [-0.05, 0) is 19.3 Å². The Morgan fingerprint density at radius 3 is 2.69 bits per heavy atom. The molecule has 1 saturated heterocycles. The van der Waals surface area contributed by atoms with E-state index in [-0.39, 0.29) is 5.82 Å². The predicted molar refractivity (Wildman–Crippen MR) is 59.8 cm³/mol. The molecule has 1 fully saturated rings. The molecular weight excluding hydrogens is 206 g/mol. The highest BCUT2D eigenvalue weighted by Gasteiger charge is 2.17. The van der Waals surface area contributed by atoms with Crippen LogP contribution in [0.15, 0.2) is 6.07 Å². The van der Waals surface area contributed by atoms with Gasteiger partial charge in [-0.15, -0.1) is 0 Å². The largest absolute Gasteiger partial charge is 0.475 e. The van der Waals surface area contributed by atoms with Crippen molar-refractivity contribution in [1.82, 2.24) is 9.97 Å². The van der Waals surface area contributed by atoms with Crippen molar-refractivity contribution in [1.29, 1.82) is 0 Å². The molecule has 1 aromatic heterocycles. The molecule has 0 amide bonds. The molecule has 5 nitrogen and oxygen atoms in total. The van der Waals surface area contributed by atoms with Crippen molar-refractivity contribution in [2.45, 2.75) is 26.2 Å². The van der Waals surface area contributed by atoms with Crippen LogP contribution in [0.2, 0.25) is 0 Å². The Hall–Kier alpha value is -1.65. The average Bonchev–Trinajstić information content (AvgIpc) is 2.81. The SMILES string of the molecule is CCc1cc(N2CCCC2)nc(C(=O)O)n1. The van der Waals surface area contributed by atoms with Gasteiger partial charge in [0, 0.05) is 24.8 Å². The summed E-state index contributed by atoms with van der Waals surface area (Å²) >= 11 is 0. The van der Waals surface area contributed by atoms with E-state index in [1.165, 1.54) is 0 Å². The second kappa shape index (κ2) is 4.47. The Kier molecular flexibility index (Phi) is 3.03. The molecule has 5 heteroatoms. The first kappa shape index (κ1) is 10.9. The lowest BCUT2D eigenvalue weighted by molar-refractivity contribution is 0.0683. The Balaban J connectivity index is 2.35. The van der Waals surface area contributed by atoms with Crippen LogP contribution in [0.1, 0.15) is 36.1 Å². The summed E-state index contributed by atoms with van der Waals surface area (Å²) in [5.41, 5.74) is 0.786. The fraction of sp³-hybridized carbons (Fsp3) is 0.545. The molecule has 2 heterocycles. The van der Waals surface area contributed by atoms with Crippen molar-refractivity contribution in [3.8, 4) is 0 Å². The highest BCUT2D eigenvalue weighted by atomic mass is 16.4. The van der Waals surface area contributed by atoms with Crippen LogP contribution in [0.4, 0.5) is 5.82 Å². The maximum Gasteiger partial charge on any atom is 0.374 e. The smallest absolute Gasteiger partial charge is 0.374 e. The van der Waals surface area contributed by atoms with Crippen molar-refractivity contribution in [2.75, 3.05) is 18.0 Å². The molecule has 1 aliphatic rings. The van der Waals surface area contributed by atoms with Crippen LogP contribution in [0.5, 0.6) is 0 Å². The first-order chi connectivity index (χ1) is 7.70. The second-order valence-electron chi connectivity index (χ2n) is 3.89. The molecule has 0 aromatic carbocycles. The number of nitrogens with zero attached hydrogens (tertiary/aromatic N) is 3. The van der Waals surface area contributed by atoms with Gasteiger partial charge >= 0.3 is 5.97 Å². The summed E-state index contributed by atoms with van der Waals surface area (Å²) in [6.07, 6.45) is 3.02. The maximum absolute atomic E-state index is 10.9. The van der Waals surface area contributed by atoms with E-state index in [9.17, 15) is 4.79 Å². The number of carbonyl (C=O) groups is 1. The molecule has 1 N–H and O–H groups in total. The third kappa shape index (κ3) is 2.13. The van der Waals surface area contributed by atoms with Crippen molar-refractivity contribution in [3.63, 3.8) is 0 Å². The number of aryl methyl sites for hydroxylation is 1. The van der Waals surface area contributed by atoms with Crippen LogP contribution in [0, 0.1) is 0 Å². The van der Waals surface area contributed by atoms with Crippen LogP contribution in [-0.2, 0) is 6.42 Å². The fourth-order valence-electron chi connectivity index (χ4n) is 1.87. The van der Waals surface area contributed by atoms with Gasteiger partial charge in [0.1, 0.15) is 5.82 Å². The minimum atomic E-state index is -1.06. The van der Waals surface area contributed by atoms with E-state index in [0.717, 1.165) is 43.9 Å². The molecule has 2 rings (SSSR count). The fourth-order valence-corrected chi connectivity index (χ4v) is 1.87. The Morgan fingerprint density at radius 1 is 1.44 bits per heavy atom. The van der Waals surface area contributed by atoms with E-state index in [1.807, 2.05) is 13.0 Å². The topological polar surface area (TPSA) is 66.3 Å². The molecule has 0 spiro atoms. The van der Waals surface area contributed by atoms with Crippen molar-refractivity contribution >= 4 is 11.8 Å². The van der Waals surface area contributed by atoms with E-state index in [2.05, 4.69) is 14.9 Å². The normalized spacial score (nSPS) is 15.4. The molecule has 86 valence electrons. The Morgan fingerprint density at radius 2 is 2.12 bits per heavy atom. The van der Waals surface area contributed by atoms with E-state index in [1.54, 1.807) is 0 Å². The second-order valence-corrected chi connectivity index (χ2v) is 3.89. The third-order valence-corrected chi connectivity index (χ3v) is 2.75.